The van der Waals surface area contributed by atoms with Crippen molar-refractivity contribution in [3.63, 3.8) is 0 Å². The number of phenolic OH excluding ortho intramolecular Hbond substituents is 1. The molecule has 0 spiro atoms. The van der Waals surface area contributed by atoms with Gasteiger partial charge in [0.1, 0.15) is 5.75 Å². The van der Waals surface area contributed by atoms with Crippen molar-refractivity contribution in [1.82, 2.24) is 5.32 Å². The van der Waals surface area contributed by atoms with Crippen LogP contribution in [0.15, 0.2) is 12.1 Å². The maximum Gasteiger partial charge on any atom is 0.123 e. The van der Waals surface area contributed by atoms with Crippen molar-refractivity contribution in [2.24, 2.45) is 0 Å². The Morgan fingerprint density at radius 3 is 2.62 bits per heavy atom. The molecule has 2 N–H and O–H groups in total. The van der Waals surface area contributed by atoms with Crippen molar-refractivity contribution in [3.05, 3.63) is 28.3 Å². The Kier molecular flexibility index (Phi) is 3.17. The zero-order valence-corrected chi connectivity index (χ0v) is 8.81. The van der Waals surface area contributed by atoms with E-state index in [1.165, 1.54) is 0 Å². The number of phenols is 1. The predicted molar refractivity (Wildman–Crippen MR) is 55.3 cm³/mol. The third kappa shape index (κ3) is 2.14. The van der Waals surface area contributed by atoms with Crippen molar-refractivity contribution in [2.45, 2.75) is 19.9 Å². The summed E-state index contributed by atoms with van der Waals surface area (Å²) in [4.78, 5) is 0. The van der Waals surface area contributed by atoms with E-state index < -0.39 is 0 Å². The fourth-order valence-corrected chi connectivity index (χ4v) is 1.53. The molecule has 0 radical (unpaired) electrons. The molecule has 0 saturated carbocycles. The molecule has 0 aliphatic rings. The minimum Gasteiger partial charge on any atom is -0.507 e. The third-order valence-electron chi connectivity index (χ3n) is 2.19. The van der Waals surface area contributed by atoms with Crippen molar-refractivity contribution in [2.75, 3.05) is 7.05 Å². The topological polar surface area (TPSA) is 32.3 Å². The van der Waals surface area contributed by atoms with Gasteiger partial charge in [0.15, 0.2) is 0 Å². The van der Waals surface area contributed by atoms with Gasteiger partial charge in [0.05, 0.1) is 0 Å². The molecular formula is C10H14ClNO. The highest BCUT2D eigenvalue weighted by molar-refractivity contribution is 6.30. The molecule has 1 aromatic rings. The number of hydrogen-bond donors (Lipinski definition) is 2. The van der Waals surface area contributed by atoms with E-state index in [9.17, 15) is 5.11 Å². The van der Waals surface area contributed by atoms with Crippen molar-refractivity contribution in [3.8, 4) is 5.75 Å². The van der Waals surface area contributed by atoms with E-state index in [0.29, 0.717) is 10.8 Å². The molecule has 1 rings (SSSR count). The summed E-state index contributed by atoms with van der Waals surface area (Å²) in [6.45, 7) is 3.82. The molecule has 2 nitrogen and oxygen atoms in total. The zero-order valence-electron chi connectivity index (χ0n) is 8.06. The van der Waals surface area contributed by atoms with Crippen LogP contribution < -0.4 is 5.32 Å². The van der Waals surface area contributed by atoms with Crippen molar-refractivity contribution < 1.29 is 5.11 Å². The number of benzene rings is 1. The van der Waals surface area contributed by atoms with E-state index in [1.54, 1.807) is 12.1 Å². The highest BCUT2D eigenvalue weighted by atomic mass is 35.5. The fourth-order valence-electron chi connectivity index (χ4n) is 1.25. The van der Waals surface area contributed by atoms with E-state index in [1.807, 2.05) is 20.9 Å². The monoisotopic (exact) mass is 199 g/mol. The Morgan fingerprint density at radius 2 is 2.08 bits per heavy atom. The molecule has 0 saturated heterocycles. The van der Waals surface area contributed by atoms with Crippen LogP contribution in [0.4, 0.5) is 0 Å². The van der Waals surface area contributed by atoms with Gasteiger partial charge in [0.2, 0.25) is 0 Å². The summed E-state index contributed by atoms with van der Waals surface area (Å²) in [5, 5.41) is 13.4. The SMILES string of the molecule is CNC(C)c1cc(Cl)cc(C)c1O. The fraction of sp³-hybridized carbons (Fsp3) is 0.400. The summed E-state index contributed by atoms with van der Waals surface area (Å²) in [7, 11) is 1.85. The van der Waals surface area contributed by atoms with E-state index >= 15 is 0 Å². The van der Waals surface area contributed by atoms with Gasteiger partial charge < -0.3 is 10.4 Å². The average molecular weight is 200 g/mol. The summed E-state index contributed by atoms with van der Waals surface area (Å²) >= 11 is 5.88. The van der Waals surface area contributed by atoms with Crippen LogP contribution in [0.3, 0.4) is 0 Å². The van der Waals surface area contributed by atoms with Gasteiger partial charge in [-0.3, -0.25) is 0 Å². The molecule has 0 fully saturated rings. The van der Waals surface area contributed by atoms with Crippen LogP contribution in [0.1, 0.15) is 24.1 Å². The highest BCUT2D eigenvalue weighted by Crippen LogP contribution is 2.30. The summed E-state index contributed by atoms with van der Waals surface area (Å²) in [6, 6.07) is 3.64. The molecule has 1 atom stereocenters. The number of hydrogen-bond acceptors (Lipinski definition) is 2. The lowest BCUT2D eigenvalue weighted by atomic mass is 10.0. The largest absolute Gasteiger partial charge is 0.507 e. The summed E-state index contributed by atoms with van der Waals surface area (Å²) in [5.74, 6) is 0.325. The Morgan fingerprint density at radius 1 is 1.46 bits per heavy atom. The van der Waals surface area contributed by atoms with Gasteiger partial charge in [-0.15, -0.1) is 0 Å². The van der Waals surface area contributed by atoms with E-state index in [0.717, 1.165) is 11.1 Å². The van der Waals surface area contributed by atoms with Crippen LogP contribution in [0, 0.1) is 6.92 Å². The Labute approximate surface area is 83.5 Å². The first-order chi connectivity index (χ1) is 6.06. The van der Waals surface area contributed by atoms with Gasteiger partial charge in [0, 0.05) is 16.6 Å². The number of aryl methyl sites for hydroxylation is 1. The lowest BCUT2D eigenvalue weighted by Gasteiger charge is -2.14. The Balaban J connectivity index is 3.20. The normalized spacial score (nSPS) is 12.9. The second kappa shape index (κ2) is 3.99. The molecule has 0 aliphatic carbocycles. The van der Waals surface area contributed by atoms with Crippen LogP contribution in [0.5, 0.6) is 5.75 Å². The minimum absolute atomic E-state index is 0.109. The van der Waals surface area contributed by atoms with E-state index in [2.05, 4.69) is 5.32 Å². The van der Waals surface area contributed by atoms with Gasteiger partial charge >= 0.3 is 0 Å². The first-order valence-electron chi connectivity index (χ1n) is 4.22. The minimum atomic E-state index is 0.109. The first-order valence-corrected chi connectivity index (χ1v) is 4.60. The summed E-state index contributed by atoms with van der Waals surface area (Å²) in [6.07, 6.45) is 0. The van der Waals surface area contributed by atoms with Gasteiger partial charge in [-0.1, -0.05) is 11.6 Å². The second-order valence-electron chi connectivity index (χ2n) is 3.17. The van der Waals surface area contributed by atoms with E-state index in [4.69, 9.17) is 11.6 Å². The van der Waals surface area contributed by atoms with Crippen LogP contribution in [0.25, 0.3) is 0 Å². The Bertz CT molecular complexity index is 312. The number of nitrogens with one attached hydrogen (secondary N) is 1. The van der Waals surface area contributed by atoms with Crippen molar-refractivity contribution in [1.29, 1.82) is 0 Å². The van der Waals surface area contributed by atoms with Crippen LogP contribution in [0.2, 0.25) is 5.02 Å². The molecule has 0 aromatic heterocycles. The van der Waals surface area contributed by atoms with Gasteiger partial charge in [-0.2, -0.15) is 0 Å². The van der Waals surface area contributed by atoms with Crippen LogP contribution in [-0.2, 0) is 0 Å². The molecule has 1 aromatic carbocycles. The zero-order chi connectivity index (χ0) is 10.0. The molecule has 0 amide bonds. The predicted octanol–water partition coefficient (Wildman–Crippen LogP) is 2.63. The molecule has 0 bridgehead atoms. The van der Waals surface area contributed by atoms with E-state index in [-0.39, 0.29) is 6.04 Å². The average Bonchev–Trinajstić information content (AvgIpc) is 2.10. The van der Waals surface area contributed by atoms with Crippen molar-refractivity contribution >= 4 is 11.6 Å². The quantitative estimate of drug-likeness (QED) is 0.768. The smallest absolute Gasteiger partial charge is 0.123 e. The molecule has 0 aliphatic heterocycles. The first kappa shape index (κ1) is 10.4. The molecule has 1 unspecified atom stereocenters. The molecular weight excluding hydrogens is 186 g/mol. The number of aromatic hydroxyl groups is 1. The molecule has 72 valence electrons. The number of rotatable bonds is 2. The van der Waals surface area contributed by atoms with Gasteiger partial charge in [0.25, 0.3) is 0 Å². The lowest BCUT2D eigenvalue weighted by molar-refractivity contribution is 0.454. The summed E-state index contributed by atoms with van der Waals surface area (Å²) in [5.41, 5.74) is 1.65. The maximum atomic E-state index is 9.72. The summed E-state index contributed by atoms with van der Waals surface area (Å²) < 4.78 is 0. The van der Waals surface area contributed by atoms with Gasteiger partial charge in [-0.25, -0.2) is 0 Å². The second-order valence-corrected chi connectivity index (χ2v) is 3.61. The Hall–Kier alpha value is -0.730. The van der Waals surface area contributed by atoms with Gasteiger partial charge in [-0.05, 0) is 38.6 Å². The van der Waals surface area contributed by atoms with Crippen LogP contribution >= 0.6 is 11.6 Å². The number of halogens is 1. The lowest BCUT2D eigenvalue weighted by Crippen LogP contribution is -2.12. The molecule has 0 heterocycles. The van der Waals surface area contributed by atoms with Crippen LogP contribution in [-0.4, -0.2) is 12.2 Å². The highest BCUT2D eigenvalue weighted by Gasteiger charge is 2.11. The standard InChI is InChI=1S/C10H14ClNO/c1-6-4-8(11)5-9(10(6)13)7(2)12-3/h4-5,7,12-13H,1-3H3. The molecule has 3 heteroatoms. The molecule has 13 heavy (non-hydrogen) atoms. The maximum absolute atomic E-state index is 9.72. The third-order valence-corrected chi connectivity index (χ3v) is 2.41.